The maximum atomic E-state index is 11.9. The summed E-state index contributed by atoms with van der Waals surface area (Å²) in [6.45, 7) is 2.07. The first-order valence-corrected chi connectivity index (χ1v) is 7.85. The fraction of sp³-hybridized carbons (Fsp3) is 0.267. The number of benzene rings is 1. The maximum Gasteiger partial charge on any atom is 0.324 e. The van der Waals surface area contributed by atoms with Crippen LogP contribution in [0.1, 0.15) is 22.8 Å². The molecule has 2 aromatic rings. The van der Waals surface area contributed by atoms with Crippen molar-refractivity contribution in [1.82, 2.24) is 5.32 Å². The van der Waals surface area contributed by atoms with Crippen LogP contribution in [0.5, 0.6) is 0 Å². The predicted octanol–water partition coefficient (Wildman–Crippen LogP) is 2.38. The van der Waals surface area contributed by atoms with Crippen molar-refractivity contribution in [1.29, 1.82) is 0 Å². The molecule has 7 nitrogen and oxygen atoms in total. The summed E-state index contributed by atoms with van der Waals surface area (Å²) >= 11 is 1.09. The zero-order valence-electron chi connectivity index (χ0n) is 12.5. The van der Waals surface area contributed by atoms with Crippen molar-refractivity contribution in [3.05, 3.63) is 57.0 Å². The number of anilines is 1. The lowest BCUT2D eigenvalue weighted by molar-refractivity contribution is -0.380. The molecule has 2 rings (SSSR count). The first-order valence-electron chi connectivity index (χ1n) is 6.97. The molecule has 0 unspecified atom stereocenters. The number of hydrogen-bond acceptors (Lipinski definition) is 6. The summed E-state index contributed by atoms with van der Waals surface area (Å²) in [6.07, 6.45) is 0. The number of hydrogen-bond donors (Lipinski definition) is 3. The van der Waals surface area contributed by atoms with E-state index in [0.29, 0.717) is 12.1 Å². The summed E-state index contributed by atoms with van der Waals surface area (Å²) in [4.78, 5) is 22.1. The van der Waals surface area contributed by atoms with Crippen molar-refractivity contribution in [2.75, 3.05) is 11.9 Å². The van der Waals surface area contributed by atoms with Crippen molar-refractivity contribution < 1.29 is 14.8 Å². The largest absolute Gasteiger partial charge is 0.394 e. The average Bonchev–Trinajstić information content (AvgIpc) is 3.02. The molecule has 23 heavy (non-hydrogen) atoms. The van der Waals surface area contributed by atoms with Crippen LogP contribution in [-0.4, -0.2) is 28.6 Å². The van der Waals surface area contributed by atoms with E-state index >= 15 is 0 Å². The molecule has 0 aliphatic rings. The topological polar surface area (TPSA) is 104 Å². The number of carbonyl (C=O) groups is 1. The van der Waals surface area contributed by atoms with Crippen LogP contribution in [0.4, 0.5) is 10.7 Å². The van der Waals surface area contributed by atoms with Crippen molar-refractivity contribution in [2.24, 2.45) is 0 Å². The standard InChI is InChI=1S/C15H17N3O4S/c1-10(8-19)17-15(20)12-2-4-13(5-3-12)16-7-11-6-14(18(21)22)23-9-11/h2-6,9-10,16,19H,7-8H2,1H3,(H,17,20)/t10-/m0/s1. The van der Waals surface area contributed by atoms with Gasteiger partial charge < -0.3 is 15.7 Å². The Balaban J connectivity index is 1.91. The van der Waals surface area contributed by atoms with E-state index in [2.05, 4.69) is 10.6 Å². The van der Waals surface area contributed by atoms with E-state index in [4.69, 9.17) is 5.11 Å². The van der Waals surface area contributed by atoms with Crippen LogP contribution in [0.3, 0.4) is 0 Å². The molecule has 3 N–H and O–H groups in total. The average molecular weight is 335 g/mol. The lowest BCUT2D eigenvalue weighted by Gasteiger charge is -2.11. The molecule has 122 valence electrons. The summed E-state index contributed by atoms with van der Waals surface area (Å²) < 4.78 is 0. The Morgan fingerprint density at radius 1 is 1.39 bits per heavy atom. The van der Waals surface area contributed by atoms with Gasteiger partial charge in [0.25, 0.3) is 5.91 Å². The van der Waals surface area contributed by atoms with Gasteiger partial charge >= 0.3 is 5.00 Å². The zero-order chi connectivity index (χ0) is 16.8. The quantitative estimate of drug-likeness (QED) is 0.532. The van der Waals surface area contributed by atoms with Crippen molar-refractivity contribution in [3.8, 4) is 0 Å². The van der Waals surface area contributed by atoms with E-state index < -0.39 is 4.92 Å². The molecular weight excluding hydrogens is 318 g/mol. The molecule has 0 aliphatic carbocycles. The van der Waals surface area contributed by atoms with Gasteiger partial charge in [0.2, 0.25) is 0 Å². The number of thiophene rings is 1. The van der Waals surface area contributed by atoms with E-state index in [-0.39, 0.29) is 23.6 Å². The molecule has 1 atom stereocenters. The van der Waals surface area contributed by atoms with Crippen LogP contribution >= 0.6 is 11.3 Å². The van der Waals surface area contributed by atoms with Crippen LogP contribution in [0.15, 0.2) is 35.7 Å². The Bertz CT molecular complexity index is 684. The van der Waals surface area contributed by atoms with Crippen LogP contribution in [0.2, 0.25) is 0 Å². The monoisotopic (exact) mass is 335 g/mol. The van der Waals surface area contributed by atoms with E-state index in [0.717, 1.165) is 22.6 Å². The van der Waals surface area contributed by atoms with Gasteiger partial charge in [-0.3, -0.25) is 14.9 Å². The molecular formula is C15H17N3O4S. The number of nitrogens with zero attached hydrogens (tertiary/aromatic N) is 1. The number of aliphatic hydroxyl groups is 1. The first-order chi connectivity index (χ1) is 11.0. The van der Waals surface area contributed by atoms with Crippen molar-refractivity contribution in [2.45, 2.75) is 19.5 Å². The molecule has 8 heteroatoms. The number of carbonyl (C=O) groups excluding carboxylic acids is 1. The Hall–Kier alpha value is -2.45. The Morgan fingerprint density at radius 2 is 2.09 bits per heavy atom. The van der Waals surface area contributed by atoms with Gasteiger partial charge in [0.15, 0.2) is 0 Å². The third kappa shape index (κ3) is 4.76. The molecule has 0 bridgehead atoms. The highest BCUT2D eigenvalue weighted by atomic mass is 32.1. The molecule has 1 amide bonds. The van der Waals surface area contributed by atoms with Gasteiger partial charge in [-0.2, -0.15) is 0 Å². The van der Waals surface area contributed by atoms with Crippen LogP contribution in [0, 0.1) is 10.1 Å². The fourth-order valence-corrected chi connectivity index (χ4v) is 2.58. The second kappa shape index (κ2) is 7.70. The Kier molecular flexibility index (Phi) is 5.67. The van der Waals surface area contributed by atoms with Gasteiger partial charge in [-0.15, -0.1) is 0 Å². The lowest BCUT2D eigenvalue weighted by Crippen LogP contribution is -2.34. The molecule has 1 aromatic heterocycles. The highest BCUT2D eigenvalue weighted by Gasteiger charge is 2.10. The Morgan fingerprint density at radius 3 is 2.65 bits per heavy atom. The highest BCUT2D eigenvalue weighted by Crippen LogP contribution is 2.23. The number of nitrogens with one attached hydrogen (secondary N) is 2. The van der Waals surface area contributed by atoms with E-state index in [1.807, 2.05) is 0 Å². The lowest BCUT2D eigenvalue weighted by atomic mass is 10.2. The van der Waals surface area contributed by atoms with Crippen LogP contribution in [0.25, 0.3) is 0 Å². The van der Waals surface area contributed by atoms with Gasteiger partial charge in [0.1, 0.15) is 0 Å². The second-order valence-corrected chi connectivity index (χ2v) is 5.93. The molecule has 0 saturated carbocycles. The minimum Gasteiger partial charge on any atom is -0.394 e. The smallest absolute Gasteiger partial charge is 0.324 e. The molecule has 0 saturated heterocycles. The first kappa shape index (κ1) is 16.9. The summed E-state index contributed by atoms with van der Waals surface area (Å²) in [5.74, 6) is -0.244. The number of aliphatic hydroxyl groups excluding tert-OH is 1. The molecule has 0 fully saturated rings. The van der Waals surface area contributed by atoms with E-state index in [1.54, 1.807) is 36.6 Å². The number of nitro groups is 1. The van der Waals surface area contributed by atoms with Gasteiger partial charge in [-0.1, -0.05) is 11.3 Å². The van der Waals surface area contributed by atoms with Crippen molar-refractivity contribution in [3.63, 3.8) is 0 Å². The van der Waals surface area contributed by atoms with Gasteiger partial charge in [-0.25, -0.2) is 0 Å². The van der Waals surface area contributed by atoms with Gasteiger partial charge in [0.05, 0.1) is 11.5 Å². The molecule has 1 heterocycles. The maximum absolute atomic E-state index is 11.9. The minimum absolute atomic E-state index is 0.113. The second-order valence-electron chi connectivity index (χ2n) is 5.04. The third-order valence-corrected chi connectivity index (χ3v) is 4.04. The molecule has 0 spiro atoms. The SMILES string of the molecule is C[C@@H](CO)NC(=O)c1ccc(NCc2csc([N+](=O)[O-])c2)cc1. The summed E-state index contributed by atoms with van der Waals surface area (Å²) in [7, 11) is 0. The zero-order valence-corrected chi connectivity index (χ0v) is 13.3. The highest BCUT2D eigenvalue weighted by molar-refractivity contribution is 7.13. The molecule has 1 aromatic carbocycles. The molecule has 0 radical (unpaired) electrons. The Labute approximate surface area is 137 Å². The van der Waals surface area contributed by atoms with Gasteiger partial charge in [0, 0.05) is 35.3 Å². The normalized spacial score (nSPS) is 11.7. The minimum atomic E-state index is -0.408. The van der Waals surface area contributed by atoms with E-state index in [1.165, 1.54) is 6.07 Å². The van der Waals surface area contributed by atoms with Crippen molar-refractivity contribution >= 4 is 27.9 Å². The van der Waals surface area contributed by atoms with Gasteiger partial charge in [-0.05, 0) is 36.8 Å². The summed E-state index contributed by atoms with van der Waals surface area (Å²) in [5, 5.41) is 27.2. The summed E-state index contributed by atoms with van der Waals surface area (Å²) in [5.41, 5.74) is 2.15. The van der Waals surface area contributed by atoms with Crippen LogP contribution < -0.4 is 10.6 Å². The van der Waals surface area contributed by atoms with Crippen LogP contribution in [-0.2, 0) is 6.54 Å². The molecule has 0 aliphatic heterocycles. The number of amides is 1. The van der Waals surface area contributed by atoms with E-state index in [9.17, 15) is 14.9 Å². The third-order valence-electron chi connectivity index (χ3n) is 3.11. The number of rotatable bonds is 7. The fourth-order valence-electron chi connectivity index (χ4n) is 1.85. The summed E-state index contributed by atoms with van der Waals surface area (Å²) in [6, 6.07) is 8.12. The predicted molar refractivity (Wildman–Crippen MR) is 88.8 cm³/mol.